The lowest BCUT2D eigenvalue weighted by Crippen LogP contribution is -2.06. The lowest BCUT2D eigenvalue weighted by atomic mass is 9.91. The van der Waals surface area contributed by atoms with Crippen molar-refractivity contribution in [2.24, 2.45) is 0 Å². The molecule has 0 amide bonds. The van der Waals surface area contributed by atoms with Crippen LogP contribution in [0.15, 0.2) is 303 Å². The number of para-hydroxylation sites is 1. The van der Waals surface area contributed by atoms with Gasteiger partial charge in [0.15, 0.2) is 11.6 Å². The predicted octanol–water partition coefficient (Wildman–Crippen LogP) is 22.9. The van der Waals surface area contributed by atoms with Gasteiger partial charge in [-0.15, -0.1) is 22.7 Å². The molecule has 0 spiro atoms. The standard InChI is InChI=1S/C45H28N4S.C36H22S/c1-3-13-29(14-4-1)43-46-44(30-15-5-2-6-16-30)48-45(47-43)49-39-23-9-7-19-35(39)36-26-25-32(28-40(36)49)31-17-11-18-33(27-31)34-21-12-22-38-37-20-8-10-24-41(37)50-42(34)38;1-2-13-29-27(11-1)28-12-3-4-14-30(28)34-22-24(19-20-31(29)34)23-9-7-10-25(21-23)26-16-8-17-33-32-15-5-6-18-35(32)37-36(26)33/h1-28H;1-22H. The van der Waals surface area contributed by atoms with Gasteiger partial charge in [0.1, 0.15) is 0 Å². The zero-order valence-electron chi connectivity index (χ0n) is 47.0. The number of fused-ring (bicyclic) bond motifs is 15. The van der Waals surface area contributed by atoms with E-state index in [1.165, 1.54) is 106 Å². The number of hydrogen-bond acceptors (Lipinski definition) is 5. The van der Waals surface area contributed by atoms with E-state index in [0.29, 0.717) is 17.6 Å². The van der Waals surface area contributed by atoms with Crippen LogP contribution in [-0.2, 0) is 0 Å². The monoisotopic (exact) mass is 1140 g/mol. The fraction of sp³-hybridized carbons (Fsp3) is 0. The Bertz CT molecular complexity index is 5630. The molecule has 4 nitrogen and oxygen atoms in total. The van der Waals surface area contributed by atoms with Gasteiger partial charge in [-0.2, -0.15) is 9.97 Å². The largest absolute Gasteiger partial charge is 0.278 e. The zero-order valence-corrected chi connectivity index (χ0v) is 48.6. The summed E-state index contributed by atoms with van der Waals surface area (Å²) in [6.07, 6.45) is 0. The van der Waals surface area contributed by atoms with Crippen LogP contribution >= 0.6 is 22.7 Å². The minimum Gasteiger partial charge on any atom is -0.278 e. The highest BCUT2D eigenvalue weighted by atomic mass is 32.1. The van der Waals surface area contributed by atoms with Crippen molar-refractivity contribution < 1.29 is 0 Å². The van der Waals surface area contributed by atoms with Gasteiger partial charge in [-0.05, 0) is 119 Å². The maximum Gasteiger partial charge on any atom is 0.238 e. The van der Waals surface area contributed by atoms with Crippen molar-refractivity contribution in [2.75, 3.05) is 0 Å². The predicted molar refractivity (Wildman–Crippen MR) is 372 cm³/mol. The summed E-state index contributed by atoms with van der Waals surface area (Å²) >= 11 is 3.75. The molecule has 0 saturated carbocycles. The summed E-state index contributed by atoms with van der Waals surface area (Å²) in [5.41, 5.74) is 13.8. The first-order valence-corrected chi connectivity index (χ1v) is 31.0. The Morgan fingerprint density at radius 1 is 0.218 bits per heavy atom. The Morgan fingerprint density at radius 3 is 1.13 bits per heavy atom. The van der Waals surface area contributed by atoms with E-state index in [9.17, 15) is 0 Å². The summed E-state index contributed by atoms with van der Waals surface area (Å²) in [6.45, 7) is 0. The summed E-state index contributed by atoms with van der Waals surface area (Å²) in [6, 6.07) is 109. The summed E-state index contributed by atoms with van der Waals surface area (Å²) in [7, 11) is 0. The molecule has 406 valence electrons. The van der Waals surface area contributed by atoms with E-state index >= 15 is 0 Å². The Hall–Kier alpha value is -10.9. The first kappa shape index (κ1) is 50.6. The van der Waals surface area contributed by atoms with E-state index in [2.05, 4.69) is 247 Å². The Kier molecular flexibility index (Phi) is 12.2. The van der Waals surface area contributed by atoms with E-state index in [1.807, 2.05) is 83.3 Å². The molecular weight excluding hydrogens is 1090 g/mol. The van der Waals surface area contributed by atoms with E-state index in [4.69, 9.17) is 15.0 Å². The summed E-state index contributed by atoms with van der Waals surface area (Å²) in [5.74, 6) is 1.87. The van der Waals surface area contributed by atoms with Crippen LogP contribution in [0, 0.1) is 0 Å². The van der Waals surface area contributed by atoms with Crippen molar-refractivity contribution >= 4 is 117 Å². The van der Waals surface area contributed by atoms with E-state index < -0.39 is 0 Å². The molecule has 18 rings (SSSR count). The number of benzene rings is 14. The highest BCUT2D eigenvalue weighted by Crippen LogP contribution is 2.44. The maximum atomic E-state index is 5.12. The summed E-state index contributed by atoms with van der Waals surface area (Å²) in [4.78, 5) is 15.2. The molecule has 4 aromatic heterocycles. The number of thiophene rings is 2. The van der Waals surface area contributed by atoms with Gasteiger partial charge in [0, 0.05) is 62.2 Å². The molecule has 0 radical (unpaired) electrons. The smallest absolute Gasteiger partial charge is 0.238 e. The summed E-state index contributed by atoms with van der Waals surface area (Å²) < 4.78 is 7.52. The van der Waals surface area contributed by atoms with Crippen LogP contribution in [-0.4, -0.2) is 19.5 Å². The third-order valence-electron chi connectivity index (χ3n) is 17.1. The molecule has 0 aliphatic carbocycles. The second-order valence-electron chi connectivity index (χ2n) is 22.2. The highest BCUT2D eigenvalue weighted by Gasteiger charge is 2.20. The Morgan fingerprint density at radius 2 is 0.586 bits per heavy atom. The summed E-state index contributed by atoms with van der Waals surface area (Å²) in [5, 5.41) is 15.5. The topological polar surface area (TPSA) is 43.6 Å². The number of hydrogen-bond donors (Lipinski definition) is 0. The number of aromatic nitrogens is 4. The van der Waals surface area contributed by atoms with Crippen LogP contribution in [0.2, 0.25) is 0 Å². The van der Waals surface area contributed by atoms with Crippen LogP contribution < -0.4 is 0 Å². The lowest BCUT2D eigenvalue weighted by Gasteiger charge is -2.12. The molecule has 4 heterocycles. The zero-order chi connectivity index (χ0) is 57.4. The van der Waals surface area contributed by atoms with Crippen molar-refractivity contribution in [3.05, 3.63) is 303 Å². The van der Waals surface area contributed by atoms with Crippen LogP contribution in [0.1, 0.15) is 0 Å². The SMILES string of the molecule is c1cc(-c2ccc3c4ccccc4c4ccccc4c3c2)cc(-c2cccc3c2sc2ccccc23)c1.c1ccc(-c2nc(-c3ccccc3)nc(-n3c4ccccc4c4ccc(-c5cccc(-c6cccc7c6sc6ccccc67)c5)cc43)n2)cc1. The normalized spacial score (nSPS) is 11.7. The Labute approximate surface area is 509 Å². The minimum absolute atomic E-state index is 0.589. The molecule has 14 aromatic carbocycles. The number of rotatable bonds is 7. The van der Waals surface area contributed by atoms with Crippen molar-refractivity contribution in [1.82, 2.24) is 19.5 Å². The number of nitrogens with zero attached hydrogens (tertiary/aromatic N) is 4. The van der Waals surface area contributed by atoms with Crippen LogP contribution in [0.3, 0.4) is 0 Å². The molecule has 0 bridgehead atoms. The quantitative estimate of drug-likeness (QED) is 0.149. The van der Waals surface area contributed by atoms with Crippen LogP contribution in [0.25, 0.3) is 168 Å². The van der Waals surface area contributed by atoms with Gasteiger partial charge in [-0.25, -0.2) is 4.98 Å². The van der Waals surface area contributed by atoms with Crippen molar-refractivity contribution in [2.45, 2.75) is 0 Å². The molecule has 0 aliphatic rings. The lowest BCUT2D eigenvalue weighted by molar-refractivity contribution is 0.953. The van der Waals surface area contributed by atoms with E-state index in [1.54, 1.807) is 0 Å². The van der Waals surface area contributed by atoms with E-state index in [-0.39, 0.29) is 0 Å². The van der Waals surface area contributed by atoms with Gasteiger partial charge < -0.3 is 0 Å². The average Bonchev–Trinajstić information content (AvgIpc) is 2.42. The molecule has 87 heavy (non-hydrogen) atoms. The van der Waals surface area contributed by atoms with Crippen LogP contribution in [0.4, 0.5) is 0 Å². The van der Waals surface area contributed by atoms with Gasteiger partial charge in [-0.1, -0.05) is 261 Å². The van der Waals surface area contributed by atoms with Crippen molar-refractivity contribution in [3.63, 3.8) is 0 Å². The molecule has 0 saturated heterocycles. The second kappa shape index (κ2) is 21.0. The third kappa shape index (κ3) is 8.76. The third-order valence-corrected chi connectivity index (χ3v) is 19.6. The maximum absolute atomic E-state index is 5.12. The fourth-order valence-electron chi connectivity index (χ4n) is 13.0. The second-order valence-corrected chi connectivity index (χ2v) is 24.3. The minimum atomic E-state index is 0.589. The van der Waals surface area contributed by atoms with Crippen molar-refractivity contribution in [3.8, 4) is 73.2 Å². The van der Waals surface area contributed by atoms with Gasteiger partial charge in [0.05, 0.1) is 11.0 Å². The van der Waals surface area contributed by atoms with Crippen LogP contribution in [0.5, 0.6) is 0 Å². The molecule has 0 aliphatic heterocycles. The van der Waals surface area contributed by atoms with Gasteiger partial charge in [-0.3, -0.25) is 4.57 Å². The average molecular weight is 1140 g/mol. The highest BCUT2D eigenvalue weighted by molar-refractivity contribution is 7.26. The Balaban J connectivity index is 0.000000142. The fourth-order valence-corrected chi connectivity index (χ4v) is 15.5. The molecule has 0 fully saturated rings. The van der Waals surface area contributed by atoms with Gasteiger partial charge in [0.2, 0.25) is 5.95 Å². The molecule has 0 unspecified atom stereocenters. The molecular formula is C81H50N4S2. The van der Waals surface area contributed by atoms with E-state index in [0.717, 1.165) is 44.1 Å². The molecule has 0 atom stereocenters. The molecule has 0 N–H and O–H groups in total. The molecule has 6 heteroatoms. The molecule has 18 aromatic rings. The van der Waals surface area contributed by atoms with Crippen molar-refractivity contribution in [1.29, 1.82) is 0 Å². The first-order chi connectivity index (χ1) is 43.1. The van der Waals surface area contributed by atoms with Gasteiger partial charge >= 0.3 is 0 Å². The first-order valence-electron chi connectivity index (χ1n) is 29.4. The van der Waals surface area contributed by atoms with Gasteiger partial charge in [0.25, 0.3) is 0 Å².